The van der Waals surface area contributed by atoms with Crippen LogP contribution in [0, 0.1) is 5.92 Å². The largest absolute Gasteiger partial charge is 0.493 e. The molecule has 6 heteroatoms. The number of carbonyl (C=O) groups excluding carboxylic acids is 2. The third-order valence-electron chi connectivity index (χ3n) is 5.36. The van der Waals surface area contributed by atoms with Gasteiger partial charge in [0, 0.05) is 11.4 Å². The zero-order valence-corrected chi connectivity index (χ0v) is 19.1. The van der Waals surface area contributed by atoms with Gasteiger partial charge in [-0.05, 0) is 66.9 Å². The number of hydrogen-bond acceptors (Lipinski definition) is 5. The highest BCUT2D eigenvalue weighted by Gasteiger charge is 2.34. The van der Waals surface area contributed by atoms with Gasteiger partial charge in [0.2, 0.25) is 0 Å². The first-order chi connectivity index (χ1) is 16.0. The topological polar surface area (TPSA) is 67.9 Å². The molecule has 0 aliphatic carbocycles. The van der Waals surface area contributed by atoms with Crippen LogP contribution >= 0.6 is 0 Å². The maximum atomic E-state index is 13.5. The van der Waals surface area contributed by atoms with Crippen molar-refractivity contribution in [2.75, 3.05) is 23.4 Å². The van der Waals surface area contributed by atoms with Crippen LogP contribution in [0.3, 0.4) is 0 Å². The number of para-hydroxylation sites is 1. The van der Waals surface area contributed by atoms with E-state index in [2.05, 4.69) is 19.2 Å². The number of hydrogen-bond donors (Lipinski definition) is 1. The molecule has 1 atom stereocenters. The van der Waals surface area contributed by atoms with Crippen LogP contribution in [0.25, 0.3) is 0 Å². The number of fused-ring (bicyclic) bond motifs is 1. The van der Waals surface area contributed by atoms with Gasteiger partial charge in [0.25, 0.3) is 5.91 Å². The first-order valence-electron chi connectivity index (χ1n) is 11.2. The molecule has 3 aromatic carbocycles. The Morgan fingerprint density at radius 1 is 1.00 bits per heavy atom. The Hall–Kier alpha value is -3.80. The van der Waals surface area contributed by atoms with Gasteiger partial charge in [-0.25, -0.2) is 4.79 Å². The Morgan fingerprint density at radius 2 is 1.70 bits per heavy atom. The maximum Gasteiger partial charge on any atom is 0.338 e. The molecule has 0 fully saturated rings. The minimum Gasteiger partial charge on any atom is -0.493 e. The Bertz CT molecular complexity index is 1120. The fourth-order valence-electron chi connectivity index (χ4n) is 3.73. The molecular weight excluding hydrogens is 416 g/mol. The standard InChI is InChI=1S/C27H28N2O4/c1-4-32-27(31)20-9-13-21(14-10-20)29-25(28-24-8-6-5-7-23(24)26(29)30)19-11-15-22(16-12-19)33-17-18(2)3/h5-16,18,25,28H,4,17H2,1-3H3. The van der Waals surface area contributed by atoms with Gasteiger partial charge in [0.15, 0.2) is 0 Å². The molecular formula is C27H28N2O4. The predicted octanol–water partition coefficient (Wildman–Crippen LogP) is 5.67. The lowest BCUT2D eigenvalue weighted by Gasteiger charge is -2.38. The lowest BCUT2D eigenvalue weighted by Crippen LogP contribution is -2.43. The van der Waals surface area contributed by atoms with E-state index in [-0.39, 0.29) is 11.9 Å². The minimum absolute atomic E-state index is 0.113. The zero-order chi connectivity index (χ0) is 23.4. The molecule has 0 saturated heterocycles. The SMILES string of the molecule is CCOC(=O)c1ccc(N2C(=O)c3ccccc3NC2c2ccc(OCC(C)C)cc2)cc1. The first kappa shape index (κ1) is 22.4. The van der Waals surface area contributed by atoms with Gasteiger partial charge in [-0.15, -0.1) is 0 Å². The van der Waals surface area contributed by atoms with E-state index in [1.165, 1.54) is 0 Å². The highest BCUT2D eigenvalue weighted by atomic mass is 16.5. The second-order valence-corrected chi connectivity index (χ2v) is 8.31. The van der Waals surface area contributed by atoms with Crippen LogP contribution in [0.5, 0.6) is 5.75 Å². The number of carbonyl (C=O) groups is 2. The van der Waals surface area contributed by atoms with E-state index in [0.717, 1.165) is 17.0 Å². The highest BCUT2D eigenvalue weighted by Crippen LogP contribution is 2.37. The molecule has 1 aliphatic heterocycles. The van der Waals surface area contributed by atoms with Crippen molar-refractivity contribution in [1.82, 2.24) is 0 Å². The Balaban J connectivity index is 1.68. The van der Waals surface area contributed by atoms with Crippen LogP contribution in [0.4, 0.5) is 11.4 Å². The molecule has 1 N–H and O–H groups in total. The maximum absolute atomic E-state index is 13.5. The Labute approximate surface area is 194 Å². The molecule has 0 bridgehead atoms. The van der Waals surface area contributed by atoms with E-state index in [0.29, 0.717) is 35.9 Å². The number of amides is 1. The fourth-order valence-corrected chi connectivity index (χ4v) is 3.73. The van der Waals surface area contributed by atoms with E-state index in [1.807, 2.05) is 48.5 Å². The molecule has 1 amide bonds. The smallest absolute Gasteiger partial charge is 0.338 e. The van der Waals surface area contributed by atoms with Crippen LogP contribution < -0.4 is 15.0 Å². The zero-order valence-electron chi connectivity index (χ0n) is 19.1. The number of rotatable bonds is 7. The number of ether oxygens (including phenoxy) is 2. The fraction of sp³-hybridized carbons (Fsp3) is 0.259. The van der Waals surface area contributed by atoms with Crippen molar-refractivity contribution in [2.45, 2.75) is 26.9 Å². The van der Waals surface area contributed by atoms with Crippen LogP contribution in [0.15, 0.2) is 72.8 Å². The first-order valence-corrected chi connectivity index (χ1v) is 11.2. The summed E-state index contributed by atoms with van der Waals surface area (Å²) >= 11 is 0. The number of anilines is 2. The van der Waals surface area contributed by atoms with Crippen molar-refractivity contribution in [2.24, 2.45) is 5.92 Å². The van der Waals surface area contributed by atoms with Gasteiger partial charge in [-0.3, -0.25) is 9.69 Å². The van der Waals surface area contributed by atoms with Gasteiger partial charge in [0.05, 0.1) is 24.3 Å². The number of benzene rings is 3. The summed E-state index contributed by atoms with van der Waals surface area (Å²) in [7, 11) is 0. The molecule has 0 aromatic heterocycles. The van der Waals surface area contributed by atoms with Gasteiger partial charge in [-0.2, -0.15) is 0 Å². The molecule has 0 spiro atoms. The summed E-state index contributed by atoms with van der Waals surface area (Å²) in [6.45, 7) is 6.94. The highest BCUT2D eigenvalue weighted by molar-refractivity contribution is 6.12. The van der Waals surface area contributed by atoms with Gasteiger partial charge in [-0.1, -0.05) is 38.1 Å². The molecule has 6 nitrogen and oxygen atoms in total. The summed E-state index contributed by atoms with van der Waals surface area (Å²) in [6, 6.07) is 22.2. The normalized spacial score (nSPS) is 15.1. The van der Waals surface area contributed by atoms with Crippen LogP contribution in [0.1, 0.15) is 53.2 Å². The van der Waals surface area contributed by atoms with Gasteiger partial charge >= 0.3 is 5.97 Å². The number of nitrogens with one attached hydrogen (secondary N) is 1. The molecule has 170 valence electrons. The van der Waals surface area contributed by atoms with Gasteiger partial charge in [0.1, 0.15) is 11.9 Å². The van der Waals surface area contributed by atoms with Crippen molar-refractivity contribution >= 4 is 23.3 Å². The van der Waals surface area contributed by atoms with Crippen molar-refractivity contribution in [1.29, 1.82) is 0 Å². The molecule has 1 aliphatic rings. The van der Waals surface area contributed by atoms with E-state index in [4.69, 9.17) is 9.47 Å². The second kappa shape index (κ2) is 9.77. The average Bonchev–Trinajstić information content (AvgIpc) is 2.83. The summed E-state index contributed by atoms with van der Waals surface area (Å²) in [5, 5.41) is 3.49. The monoisotopic (exact) mass is 444 g/mol. The molecule has 1 heterocycles. The third-order valence-corrected chi connectivity index (χ3v) is 5.36. The average molecular weight is 445 g/mol. The van der Waals surface area contributed by atoms with Crippen LogP contribution in [-0.4, -0.2) is 25.1 Å². The molecule has 3 aromatic rings. The van der Waals surface area contributed by atoms with Crippen molar-refractivity contribution in [3.63, 3.8) is 0 Å². The molecule has 0 radical (unpaired) electrons. The minimum atomic E-state index is -0.417. The number of nitrogens with zero attached hydrogens (tertiary/aromatic N) is 1. The summed E-state index contributed by atoms with van der Waals surface area (Å²) < 4.78 is 10.9. The van der Waals surface area contributed by atoms with E-state index in [1.54, 1.807) is 36.1 Å². The summed E-state index contributed by atoms with van der Waals surface area (Å²) in [5.74, 6) is 0.733. The van der Waals surface area contributed by atoms with E-state index < -0.39 is 6.17 Å². The third kappa shape index (κ3) is 4.85. The lowest BCUT2D eigenvalue weighted by atomic mass is 10.0. The molecule has 1 unspecified atom stereocenters. The van der Waals surface area contributed by atoms with E-state index >= 15 is 0 Å². The van der Waals surface area contributed by atoms with E-state index in [9.17, 15) is 9.59 Å². The Morgan fingerprint density at radius 3 is 2.36 bits per heavy atom. The molecule has 0 saturated carbocycles. The summed E-state index contributed by atoms with van der Waals surface area (Å²) in [6.07, 6.45) is -0.417. The molecule has 4 rings (SSSR count). The lowest BCUT2D eigenvalue weighted by molar-refractivity contribution is 0.0526. The number of esters is 1. The van der Waals surface area contributed by atoms with Crippen molar-refractivity contribution in [3.8, 4) is 5.75 Å². The van der Waals surface area contributed by atoms with Crippen molar-refractivity contribution in [3.05, 3.63) is 89.5 Å². The van der Waals surface area contributed by atoms with Gasteiger partial charge < -0.3 is 14.8 Å². The quantitative estimate of drug-likeness (QED) is 0.476. The predicted molar refractivity (Wildman–Crippen MR) is 129 cm³/mol. The molecule has 33 heavy (non-hydrogen) atoms. The second-order valence-electron chi connectivity index (χ2n) is 8.31. The van der Waals surface area contributed by atoms with Crippen LogP contribution in [-0.2, 0) is 4.74 Å². The Kier molecular flexibility index (Phi) is 6.63. The van der Waals surface area contributed by atoms with Crippen molar-refractivity contribution < 1.29 is 19.1 Å². The summed E-state index contributed by atoms with van der Waals surface area (Å²) in [5.41, 5.74) is 3.43. The van der Waals surface area contributed by atoms with Crippen LogP contribution in [0.2, 0.25) is 0 Å². The summed E-state index contributed by atoms with van der Waals surface area (Å²) in [4.78, 5) is 27.3.